The summed E-state index contributed by atoms with van der Waals surface area (Å²) in [4.78, 5) is 23.2. The number of carbonyl (C=O) groups is 2. The van der Waals surface area contributed by atoms with E-state index >= 15 is 0 Å². The van der Waals surface area contributed by atoms with Gasteiger partial charge in [0.2, 0.25) is 5.91 Å². The van der Waals surface area contributed by atoms with Gasteiger partial charge in [0.15, 0.2) is 0 Å². The van der Waals surface area contributed by atoms with E-state index in [1.54, 1.807) is 0 Å². The van der Waals surface area contributed by atoms with Gasteiger partial charge in [0, 0.05) is 0 Å². The summed E-state index contributed by atoms with van der Waals surface area (Å²) in [5, 5.41) is 19.9. The summed E-state index contributed by atoms with van der Waals surface area (Å²) in [7, 11) is 0. The Morgan fingerprint density at radius 1 is 1.73 bits per heavy atom. The minimum atomic E-state index is -1.33. The molecule has 2 aliphatic rings. The van der Waals surface area contributed by atoms with Crippen LogP contribution in [0, 0.1) is 5.92 Å². The van der Waals surface area contributed by atoms with Crippen molar-refractivity contribution in [3.8, 4) is 0 Å². The number of fused-ring (bicyclic) bond motifs is 1. The zero-order valence-electron chi connectivity index (χ0n) is 8.64. The molecule has 15 heavy (non-hydrogen) atoms. The van der Waals surface area contributed by atoms with Crippen molar-refractivity contribution < 1.29 is 49.4 Å². The van der Waals surface area contributed by atoms with E-state index < -0.39 is 18.0 Å². The van der Waals surface area contributed by atoms with Crippen molar-refractivity contribution in [3.63, 3.8) is 0 Å². The van der Waals surface area contributed by atoms with Gasteiger partial charge in [-0.05, 0) is 13.3 Å². The fourth-order valence-electron chi connectivity index (χ4n) is 2.16. The number of nitrogens with zero attached hydrogens (tertiary/aromatic N) is 1. The van der Waals surface area contributed by atoms with Crippen molar-refractivity contribution in [2.75, 3.05) is 0 Å². The topological polar surface area (TPSA) is 80.7 Å². The maximum Gasteiger partial charge on any atom is 1.00 e. The van der Waals surface area contributed by atoms with Crippen LogP contribution in [0.2, 0.25) is 0 Å². The largest absolute Gasteiger partial charge is 1.00 e. The maximum atomic E-state index is 11.4. The van der Waals surface area contributed by atoms with Crippen molar-refractivity contribution in [2.24, 2.45) is 5.92 Å². The van der Waals surface area contributed by atoms with E-state index in [4.69, 9.17) is 0 Å². The Labute approximate surface area is 109 Å². The molecule has 0 bridgehead atoms. The molecule has 76 valence electrons. The minimum absolute atomic E-state index is 0. The molecule has 1 amide bonds. The van der Waals surface area contributed by atoms with E-state index in [2.05, 4.69) is 0 Å². The number of aliphatic carboxylic acids is 1. The summed E-state index contributed by atoms with van der Waals surface area (Å²) >= 11 is 0. The summed E-state index contributed by atoms with van der Waals surface area (Å²) < 4.78 is 0. The number of rotatable bonds is 2. The Kier molecular flexibility index (Phi) is 3.60. The van der Waals surface area contributed by atoms with Crippen LogP contribution in [-0.2, 0) is 9.59 Å². The van der Waals surface area contributed by atoms with Gasteiger partial charge in [-0.3, -0.25) is 4.79 Å². The normalized spacial score (nSPS) is 29.9. The average Bonchev–Trinajstić information content (AvgIpc) is 2.42. The Morgan fingerprint density at radius 3 is 2.80 bits per heavy atom. The summed E-state index contributed by atoms with van der Waals surface area (Å²) in [6, 6.07) is -0.185. The first-order chi connectivity index (χ1) is 6.54. The van der Waals surface area contributed by atoms with E-state index in [0.717, 1.165) is 0 Å². The van der Waals surface area contributed by atoms with Gasteiger partial charge >= 0.3 is 29.6 Å². The minimum Gasteiger partial charge on any atom is -0.543 e. The molecule has 2 rings (SSSR count). The average molecular weight is 219 g/mol. The molecule has 0 aromatic carbocycles. The zero-order valence-corrected chi connectivity index (χ0v) is 10.6. The molecule has 0 radical (unpaired) electrons. The van der Waals surface area contributed by atoms with Crippen molar-refractivity contribution in [3.05, 3.63) is 11.8 Å². The number of carboxylic acid groups (broad SMARTS) is 1. The molecule has 3 atom stereocenters. The van der Waals surface area contributed by atoms with Gasteiger partial charge < -0.3 is 19.9 Å². The SMILES string of the molecule is CC(O)C1C(=O)N2C(C(=O)[O-])=CC[C@H]12.[Na+]. The summed E-state index contributed by atoms with van der Waals surface area (Å²) in [5.41, 5.74) is -0.0584. The van der Waals surface area contributed by atoms with Crippen LogP contribution in [0.1, 0.15) is 13.3 Å². The van der Waals surface area contributed by atoms with E-state index in [0.29, 0.717) is 6.42 Å². The molecule has 0 saturated carbocycles. The molecular formula is C9H10NNaO4. The summed E-state index contributed by atoms with van der Waals surface area (Å²) in [5.74, 6) is -2.11. The van der Waals surface area contributed by atoms with E-state index in [1.807, 2.05) is 0 Å². The second kappa shape index (κ2) is 4.25. The van der Waals surface area contributed by atoms with Gasteiger partial charge in [0.05, 0.1) is 29.7 Å². The molecule has 2 aliphatic heterocycles. The molecule has 6 heteroatoms. The summed E-state index contributed by atoms with van der Waals surface area (Å²) in [6.07, 6.45) is 1.24. The van der Waals surface area contributed by atoms with Crippen LogP contribution < -0.4 is 34.7 Å². The second-order valence-electron chi connectivity index (χ2n) is 3.65. The smallest absolute Gasteiger partial charge is 0.543 e. The molecule has 2 heterocycles. The quantitative estimate of drug-likeness (QED) is 0.373. The van der Waals surface area contributed by atoms with Gasteiger partial charge in [-0.1, -0.05) is 6.08 Å². The molecule has 0 aliphatic carbocycles. The Bertz CT molecular complexity index is 339. The third-order valence-corrected chi connectivity index (χ3v) is 2.81. The first-order valence-corrected chi connectivity index (χ1v) is 4.46. The van der Waals surface area contributed by atoms with Crippen LogP contribution in [0.25, 0.3) is 0 Å². The Hall–Kier alpha value is -0.360. The van der Waals surface area contributed by atoms with Gasteiger partial charge in [0.25, 0.3) is 0 Å². The molecule has 1 fully saturated rings. The predicted molar refractivity (Wildman–Crippen MR) is 43.5 cm³/mol. The van der Waals surface area contributed by atoms with Crippen LogP contribution in [0.4, 0.5) is 0 Å². The fourth-order valence-corrected chi connectivity index (χ4v) is 2.16. The monoisotopic (exact) mass is 219 g/mol. The third kappa shape index (κ3) is 1.73. The van der Waals surface area contributed by atoms with Gasteiger partial charge in [0.1, 0.15) is 0 Å². The van der Waals surface area contributed by atoms with Crippen LogP contribution in [0.15, 0.2) is 11.8 Å². The number of amides is 1. The molecule has 1 saturated heterocycles. The van der Waals surface area contributed by atoms with Crippen LogP contribution in [0.3, 0.4) is 0 Å². The number of β-lactam (4-membered cyclic amide) rings is 1. The van der Waals surface area contributed by atoms with Crippen LogP contribution in [0.5, 0.6) is 0 Å². The van der Waals surface area contributed by atoms with Crippen molar-refractivity contribution >= 4 is 11.9 Å². The van der Waals surface area contributed by atoms with Crippen LogP contribution >= 0.6 is 0 Å². The molecule has 0 spiro atoms. The molecule has 0 aromatic heterocycles. The first kappa shape index (κ1) is 12.7. The number of aliphatic hydroxyl groups is 1. The van der Waals surface area contributed by atoms with E-state index in [-0.39, 0.29) is 47.2 Å². The summed E-state index contributed by atoms with van der Waals surface area (Å²) in [6.45, 7) is 1.54. The van der Waals surface area contributed by atoms with Crippen LogP contribution in [-0.4, -0.2) is 34.0 Å². The van der Waals surface area contributed by atoms with Crippen molar-refractivity contribution in [2.45, 2.75) is 25.5 Å². The van der Waals surface area contributed by atoms with Gasteiger partial charge in [-0.25, -0.2) is 0 Å². The second-order valence-corrected chi connectivity index (χ2v) is 3.65. The number of aliphatic hydroxyl groups excluding tert-OH is 1. The van der Waals surface area contributed by atoms with Gasteiger partial charge in [-0.2, -0.15) is 0 Å². The predicted octanol–water partition coefficient (Wildman–Crippen LogP) is -4.76. The molecule has 2 unspecified atom stereocenters. The standard InChI is InChI=1S/C9H11NO4.Na/c1-4(11)7-5-2-3-6(9(13)14)10(5)8(7)12;/h3-5,7,11H,2H2,1H3,(H,13,14);/q;+1/p-1/t4?,5-,7?;/m1./s1. The maximum absolute atomic E-state index is 11.4. The number of hydrogen-bond donors (Lipinski definition) is 1. The van der Waals surface area contributed by atoms with Crippen molar-refractivity contribution in [1.29, 1.82) is 0 Å². The molecule has 1 N–H and O–H groups in total. The Balaban J connectivity index is 0.00000112. The zero-order chi connectivity index (χ0) is 10.5. The number of hydrogen-bond acceptors (Lipinski definition) is 4. The van der Waals surface area contributed by atoms with E-state index in [1.165, 1.54) is 17.9 Å². The fraction of sp³-hybridized carbons (Fsp3) is 0.556. The number of carboxylic acids is 1. The molecule has 5 nitrogen and oxygen atoms in total. The third-order valence-electron chi connectivity index (χ3n) is 2.81. The van der Waals surface area contributed by atoms with Crippen molar-refractivity contribution in [1.82, 2.24) is 4.90 Å². The van der Waals surface area contributed by atoms with Gasteiger partial charge in [-0.15, -0.1) is 0 Å². The Morgan fingerprint density at radius 2 is 2.33 bits per heavy atom. The first-order valence-electron chi connectivity index (χ1n) is 4.46. The van der Waals surface area contributed by atoms with E-state index in [9.17, 15) is 19.8 Å². The molecular weight excluding hydrogens is 209 g/mol. The number of carbonyl (C=O) groups excluding carboxylic acids is 2. The molecule has 0 aromatic rings.